The van der Waals surface area contributed by atoms with Crippen LogP contribution in [0, 0.1) is 0 Å². The minimum Gasteiger partial charge on any atom is -0.444 e. The first-order valence-corrected chi connectivity index (χ1v) is 14.5. The molecule has 1 aliphatic rings. The Labute approximate surface area is 217 Å². The van der Waals surface area contributed by atoms with E-state index in [0.717, 1.165) is 44.9 Å². The molecule has 1 heterocycles. The van der Waals surface area contributed by atoms with Crippen LogP contribution in [0.3, 0.4) is 0 Å². The van der Waals surface area contributed by atoms with Gasteiger partial charge in [-0.3, -0.25) is 9.05 Å². The highest BCUT2D eigenvalue weighted by Gasteiger charge is 2.27. The smallest absolute Gasteiger partial charge is 0.444 e. The van der Waals surface area contributed by atoms with E-state index >= 15 is 0 Å². The van der Waals surface area contributed by atoms with Crippen LogP contribution in [0.25, 0.3) is 0 Å². The van der Waals surface area contributed by atoms with Gasteiger partial charge in [0, 0.05) is 19.8 Å². The number of hydrogen-bond donors (Lipinski definition) is 2. The van der Waals surface area contributed by atoms with Crippen LogP contribution in [0.2, 0.25) is 0 Å². The molecule has 0 radical (unpaired) electrons. The maximum absolute atomic E-state index is 12.3. The first kappa shape index (κ1) is 33.2. The zero-order valence-electron chi connectivity index (χ0n) is 23.2. The van der Waals surface area contributed by atoms with Crippen molar-refractivity contribution in [1.29, 1.82) is 0 Å². The molecular weight excluding hydrogens is 491 g/mol. The molecule has 3 atom stereocenters. The molecule has 0 aromatic heterocycles. The monoisotopic (exact) mass is 541 g/mol. The van der Waals surface area contributed by atoms with Gasteiger partial charge in [0.2, 0.25) is 0 Å². The number of nitrogens with one attached hydrogen (secondary N) is 1. The van der Waals surface area contributed by atoms with E-state index in [1.807, 2.05) is 41.9 Å². The van der Waals surface area contributed by atoms with Gasteiger partial charge in [-0.1, -0.05) is 12.8 Å². The number of carbonyl (C=O) groups excluding carboxylic acids is 1. The van der Waals surface area contributed by atoms with Crippen LogP contribution in [0.5, 0.6) is 0 Å². The van der Waals surface area contributed by atoms with Gasteiger partial charge in [0.25, 0.3) is 0 Å². The van der Waals surface area contributed by atoms with Crippen molar-refractivity contribution in [3.05, 3.63) is 0 Å². The number of likely N-dealkylation sites (N-methyl/N-ethyl adjacent to an activating group) is 1. The van der Waals surface area contributed by atoms with Gasteiger partial charge >= 0.3 is 13.9 Å². The average molecular weight is 542 g/mol. The molecule has 36 heavy (non-hydrogen) atoms. The molecule has 0 bridgehead atoms. The van der Waals surface area contributed by atoms with Crippen LogP contribution >= 0.6 is 7.82 Å². The van der Waals surface area contributed by atoms with Gasteiger partial charge in [0.1, 0.15) is 24.9 Å². The number of amides is 1. The molecule has 214 valence electrons. The molecule has 1 rings (SSSR count). The Morgan fingerprint density at radius 2 is 1.81 bits per heavy atom. The minimum atomic E-state index is -4.19. The second-order valence-corrected chi connectivity index (χ2v) is 12.5. The molecule has 12 heteroatoms. The van der Waals surface area contributed by atoms with Crippen molar-refractivity contribution in [2.45, 2.75) is 83.7 Å². The third-order valence-electron chi connectivity index (χ3n) is 5.11. The Hall–Kier alpha value is -0.780. The van der Waals surface area contributed by atoms with Crippen molar-refractivity contribution < 1.29 is 46.7 Å². The Balaban J connectivity index is 2.28. The normalized spacial score (nSPS) is 19.5. The van der Waals surface area contributed by atoms with Gasteiger partial charge in [0.15, 0.2) is 6.29 Å². The zero-order valence-corrected chi connectivity index (χ0v) is 24.1. The summed E-state index contributed by atoms with van der Waals surface area (Å²) in [7, 11) is 1.72. The number of quaternary nitrogens is 1. The molecule has 0 aromatic rings. The fraction of sp³-hybridized carbons (Fsp3) is 0.958. The lowest BCUT2D eigenvalue weighted by atomic mass is 10.2. The van der Waals surface area contributed by atoms with Crippen LogP contribution in [0.15, 0.2) is 0 Å². The molecule has 0 spiro atoms. The molecule has 1 aliphatic heterocycles. The van der Waals surface area contributed by atoms with Crippen molar-refractivity contribution in [1.82, 2.24) is 5.32 Å². The lowest BCUT2D eigenvalue weighted by molar-refractivity contribution is -0.870. The summed E-state index contributed by atoms with van der Waals surface area (Å²) in [5.74, 6) is 0. The van der Waals surface area contributed by atoms with Crippen molar-refractivity contribution in [3.8, 4) is 0 Å². The van der Waals surface area contributed by atoms with Gasteiger partial charge in [-0.2, -0.15) is 0 Å². The van der Waals surface area contributed by atoms with Crippen LogP contribution in [0.4, 0.5) is 4.79 Å². The second-order valence-electron chi connectivity index (χ2n) is 11.1. The SMILES string of the molecule is CC(C)(C)OC(=O)NCCCCCCOCC(COP(=O)(O)OCC[N+](C)(C)C)OC1CCCCO1. The van der Waals surface area contributed by atoms with E-state index in [2.05, 4.69) is 5.32 Å². The number of rotatable bonds is 18. The van der Waals surface area contributed by atoms with Gasteiger partial charge in [-0.15, -0.1) is 0 Å². The number of unbranched alkanes of at least 4 members (excludes halogenated alkanes) is 3. The van der Waals surface area contributed by atoms with E-state index in [1.54, 1.807) is 0 Å². The highest BCUT2D eigenvalue weighted by Crippen LogP contribution is 2.43. The van der Waals surface area contributed by atoms with Crippen molar-refractivity contribution in [3.63, 3.8) is 0 Å². The molecular formula is C24H50N2O9P+. The van der Waals surface area contributed by atoms with Crippen molar-refractivity contribution >= 4 is 13.9 Å². The Morgan fingerprint density at radius 1 is 1.08 bits per heavy atom. The lowest BCUT2D eigenvalue weighted by Crippen LogP contribution is -2.37. The molecule has 0 aromatic carbocycles. The van der Waals surface area contributed by atoms with Crippen LogP contribution in [-0.4, -0.2) is 101 Å². The van der Waals surface area contributed by atoms with Gasteiger partial charge in [0.05, 0.1) is 34.4 Å². The molecule has 0 aliphatic carbocycles. The maximum Gasteiger partial charge on any atom is 0.472 e. The third-order valence-corrected chi connectivity index (χ3v) is 6.09. The Morgan fingerprint density at radius 3 is 2.44 bits per heavy atom. The number of phosphoric acid groups is 1. The number of nitrogens with zero attached hydrogens (tertiary/aromatic N) is 1. The maximum atomic E-state index is 12.3. The highest BCUT2D eigenvalue weighted by molar-refractivity contribution is 7.47. The Bertz CT molecular complexity index is 646. The van der Waals surface area contributed by atoms with Crippen LogP contribution in [-0.2, 0) is 32.6 Å². The topological polar surface area (TPSA) is 122 Å². The summed E-state index contributed by atoms with van der Waals surface area (Å²) in [5.41, 5.74) is -0.496. The Kier molecular flexibility index (Phi) is 15.6. The number of ether oxygens (including phenoxy) is 4. The standard InChI is InChI=1S/C24H49N2O9P/c1-24(2,3)35-23(27)25-14-10-7-8-11-16-30-19-21(34-22-13-9-12-17-31-22)20-33-36(28,29)32-18-15-26(4,5)6/h21-22H,7-20H2,1-6H3,(H-,25,27,28,29)/p+1. The molecule has 3 unspecified atom stereocenters. The lowest BCUT2D eigenvalue weighted by Gasteiger charge is -2.28. The fourth-order valence-corrected chi connectivity index (χ4v) is 3.95. The largest absolute Gasteiger partial charge is 0.472 e. The number of hydrogen-bond acceptors (Lipinski definition) is 8. The first-order valence-electron chi connectivity index (χ1n) is 13.0. The number of carbonyl (C=O) groups is 1. The zero-order chi connectivity index (χ0) is 27.1. The average Bonchev–Trinajstić information content (AvgIpc) is 2.74. The van der Waals surface area contributed by atoms with E-state index in [4.69, 9.17) is 28.0 Å². The summed E-state index contributed by atoms with van der Waals surface area (Å²) < 4.78 is 45.7. The van der Waals surface area contributed by atoms with E-state index in [1.165, 1.54) is 0 Å². The van der Waals surface area contributed by atoms with E-state index in [0.29, 0.717) is 30.8 Å². The summed E-state index contributed by atoms with van der Waals surface area (Å²) in [6, 6.07) is 0. The summed E-state index contributed by atoms with van der Waals surface area (Å²) >= 11 is 0. The quantitative estimate of drug-likeness (QED) is 0.151. The molecule has 1 saturated heterocycles. The van der Waals surface area contributed by atoms with Crippen molar-refractivity contribution in [2.75, 3.05) is 67.3 Å². The summed E-state index contributed by atoms with van der Waals surface area (Å²) in [5, 5.41) is 2.75. The van der Waals surface area contributed by atoms with Crippen molar-refractivity contribution in [2.24, 2.45) is 0 Å². The second kappa shape index (κ2) is 16.9. The molecule has 2 N–H and O–H groups in total. The first-order chi connectivity index (χ1) is 16.8. The van der Waals surface area contributed by atoms with E-state index in [-0.39, 0.29) is 26.1 Å². The van der Waals surface area contributed by atoms with Gasteiger partial charge < -0.3 is 33.6 Å². The fourth-order valence-electron chi connectivity index (χ4n) is 3.21. The van der Waals surface area contributed by atoms with Gasteiger partial charge in [-0.05, 0) is 52.9 Å². The van der Waals surface area contributed by atoms with Crippen LogP contribution in [0.1, 0.15) is 65.7 Å². The van der Waals surface area contributed by atoms with Crippen LogP contribution < -0.4 is 5.32 Å². The van der Waals surface area contributed by atoms with E-state index in [9.17, 15) is 14.3 Å². The highest BCUT2D eigenvalue weighted by atomic mass is 31.2. The predicted molar refractivity (Wildman–Crippen MR) is 137 cm³/mol. The summed E-state index contributed by atoms with van der Waals surface area (Å²) in [4.78, 5) is 21.6. The number of alkyl carbamates (subject to hydrolysis) is 1. The molecule has 11 nitrogen and oxygen atoms in total. The summed E-state index contributed by atoms with van der Waals surface area (Å²) in [6.45, 7) is 8.01. The summed E-state index contributed by atoms with van der Waals surface area (Å²) in [6.07, 6.45) is 5.08. The molecule has 1 fully saturated rings. The molecule has 1 amide bonds. The molecule has 0 saturated carbocycles. The predicted octanol–water partition coefficient (Wildman–Crippen LogP) is 3.84. The number of phosphoric ester groups is 1. The van der Waals surface area contributed by atoms with E-state index < -0.39 is 25.6 Å². The third kappa shape index (κ3) is 19.3. The minimum absolute atomic E-state index is 0.109. The van der Waals surface area contributed by atoms with Gasteiger partial charge in [-0.25, -0.2) is 9.36 Å².